The monoisotopic (exact) mass is 328 g/mol. The molecule has 2 aromatic rings. The molecule has 126 valence electrons. The van der Waals surface area contributed by atoms with Crippen LogP contribution in [0, 0.1) is 5.82 Å². The largest absolute Gasteiger partial charge is 0.368 e. The molecular weight excluding hydrogens is 307 g/mol. The van der Waals surface area contributed by atoms with E-state index in [0.717, 1.165) is 6.42 Å². The molecule has 3 nitrogen and oxygen atoms in total. The van der Waals surface area contributed by atoms with E-state index >= 15 is 0 Å². The second-order valence-electron chi connectivity index (χ2n) is 6.34. The Bertz CT molecular complexity index is 718. The molecule has 0 unspecified atom stereocenters. The normalized spacial score (nSPS) is 28.4. The van der Waals surface area contributed by atoms with Gasteiger partial charge in [0.05, 0.1) is 19.3 Å². The van der Waals surface area contributed by atoms with E-state index in [2.05, 4.69) is 19.1 Å². The smallest absolute Gasteiger partial charge is 0.128 e. The van der Waals surface area contributed by atoms with Crippen molar-refractivity contribution >= 4 is 0 Å². The molecule has 0 radical (unpaired) electrons. The van der Waals surface area contributed by atoms with E-state index in [1.54, 1.807) is 12.1 Å². The van der Waals surface area contributed by atoms with Crippen molar-refractivity contribution in [2.45, 2.75) is 51.0 Å². The first-order valence-corrected chi connectivity index (χ1v) is 8.47. The van der Waals surface area contributed by atoms with Gasteiger partial charge in [0.15, 0.2) is 0 Å². The molecule has 2 aliphatic rings. The number of hydrogen-bond acceptors (Lipinski definition) is 3. The third-order valence-corrected chi connectivity index (χ3v) is 4.89. The summed E-state index contributed by atoms with van der Waals surface area (Å²) in [4.78, 5) is 0. The lowest BCUT2D eigenvalue weighted by molar-refractivity contribution is -0.0865. The number of halogens is 1. The predicted octanol–water partition coefficient (Wildman–Crippen LogP) is 4.16. The van der Waals surface area contributed by atoms with Crippen LogP contribution in [0.1, 0.15) is 36.1 Å². The molecule has 0 amide bonds. The third kappa shape index (κ3) is 2.75. The highest BCUT2D eigenvalue weighted by atomic mass is 19.1. The second-order valence-corrected chi connectivity index (χ2v) is 6.34. The Morgan fingerprint density at radius 3 is 2.75 bits per heavy atom. The van der Waals surface area contributed by atoms with E-state index in [9.17, 15) is 4.39 Å². The zero-order chi connectivity index (χ0) is 16.5. The minimum atomic E-state index is -0.240. The molecule has 1 fully saturated rings. The summed E-state index contributed by atoms with van der Waals surface area (Å²) in [7, 11) is 0. The molecule has 4 heteroatoms. The quantitative estimate of drug-likeness (QED) is 0.843. The van der Waals surface area contributed by atoms with Crippen molar-refractivity contribution in [2.75, 3.05) is 0 Å². The Hall–Kier alpha value is -1.75. The van der Waals surface area contributed by atoms with Gasteiger partial charge in [-0.3, -0.25) is 0 Å². The molecule has 1 saturated heterocycles. The molecule has 0 aliphatic carbocycles. The van der Waals surface area contributed by atoms with Crippen molar-refractivity contribution in [3.63, 3.8) is 0 Å². The minimum Gasteiger partial charge on any atom is -0.368 e. The van der Waals surface area contributed by atoms with Crippen LogP contribution in [-0.4, -0.2) is 18.3 Å². The van der Waals surface area contributed by atoms with E-state index in [-0.39, 0.29) is 36.8 Å². The fourth-order valence-electron chi connectivity index (χ4n) is 3.62. The van der Waals surface area contributed by atoms with Gasteiger partial charge in [-0.15, -0.1) is 0 Å². The standard InChI is InChI=1S/C20H21FO3/c1-2-17-19(22-12-14-8-4-6-10-16(14)21)20-18(24-17)15-9-5-3-7-13(15)11-23-20/h3-10,17-20H,2,11-12H2,1H3/t17-,18-,19+,20+/m1/s1. The Balaban J connectivity index is 1.54. The highest BCUT2D eigenvalue weighted by Crippen LogP contribution is 2.43. The molecule has 0 spiro atoms. The molecule has 2 aliphatic heterocycles. The summed E-state index contributed by atoms with van der Waals surface area (Å²) in [5.41, 5.74) is 2.92. The van der Waals surface area contributed by atoms with Crippen molar-refractivity contribution in [2.24, 2.45) is 0 Å². The summed E-state index contributed by atoms with van der Waals surface area (Å²) in [5, 5.41) is 0. The molecule has 4 rings (SSSR count). The minimum absolute atomic E-state index is 0.0436. The highest BCUT2D eigenvalue weighted by Gasteiger charge is 2.48. The maximum atomic E-state index is 13.8. The maximum absolute atomic E-state index is 13.8. The Kier molecular flexibility index (Phi) is 4.35. The Labute approximate surface area is 141 Å². The van der Waals surface area contributed by atoms with E-state index in [0.29, 0.717) is 12.2 Å². The van der Waals surface area contributed by atoms with Gasteiger partial charge in [0.1, 0.15) is 24.1 Å². The molecule has 0 N–H and O–H groups in total. The number of rotatable bonds is 4. The molecular formula is C20H21FO3. The van der Waals surface area contributed by atoms with Gasteiger partial charge < -0.3 is 14.2 Å². The molecule has 0 bridgehead atoms. The van der Waals surface area contributed by atoms with Crippen LogP contribution in [0.4, 0.5) is 4.39 Å². The molecule has 0 saturated carbocycles. The molecule has 24 heavy (non-hydrogen) atoms. The van der Waals surface area contributed by atoms with Gasteiger partial charge in [-0.1, -0.05) is 49.4 Å². The first kappa shape index (κ1) is 15.8. The van der Waals surface area contributed by atoms with Crippen molar-refractivity contribution in [1.29, 1.82) is 0 Å². The van der Waals surface area contributed by atoms with E-state index in [4.69, 9.17) is 14.2 Å². The maximum Gasteiger partial charge on any atom is 0.128 e. The van der Waals surface area contributed by atoms with Crippen LogP contribution in [0.3, 0.4) is 0 Å². The van der Waals surface area contributed by atoms with Gasteiger partial charge in [-0.2, -0.15) is 0 Å². The Morgan fingerprint density at radius 1 is 1.12 bits per heavy atom. The predicted molar refractivity (Wildman–Crippen MR) is 87.9 cm³/mol. The van der Waals surface area contributed by atoms with E-state index < -0.39 is 0 Å². The second kappa shape index (κ2) is 6.63. The number of ether oxygens (including phenoxy) is 3. The molecule has 0 aromatic heterocycles. The zero-order valence-corrected chi connectivity index (χ0v) is 13.7. The molecule has 2 aromatic carbocycles. The van der Waals surface area contributed by atoms with Gasteiger partial charge in [0.25, 0.3) is 0 Å². The third-order valence-electron chi connectivity index (χ3n) is 4.89. The van der Waals surface area contributed by atoms with E-state index in [1.165, 1.54) is 17.2 Å². The van der Waals surface area contributed by atoms with Gasteiger partial charge >= 0.3 is 0 Å². The first-order chi connectivity index (χ1) is 11.8. The van der Waals surface area contributed by atoms with Crippen LogP contribution in [0.5, 0.6) is 0 Å². The summed E-state index contributed by atoms with van der Waals surface area (Å²) < 4.78 is 32.2. The summed E-state index contributed by atoms with van der Waals surface area (Å²) in [6, 6.07) is 14.9. The zero-order valence-electron chi connectivity index (χ0n) is 13.7. The average Bonchev–Trinajstić information content (AvgIpc) is 2.99. The number of benzene rings is 2. The summed E-state index contributed by atoms with van der Waals surface area (Å²) in [6.45, 7) is 2.87. The van der Waals surface area contributed by atoms with Gasteiger partial charge in [0, 0.05) is 5.56 Å². The summed E-state index contributed by atoms with van der Waals surface area (Å²) >= 11 is 0. The van der Waals surface area contributed by atoms with E-state index in [1.807, 2.05) is 18.2 Å². The van der Waals surface area contributed by atoms with Crippen LogP contribution in [0.15, 0.2) is 48.5 Å². The van der Waals surface area contributed by atoms with Crippen molar-refractivity contribution < 1.29 is 18.6 Å². The lowest BCUT2D eigenvalue weighted by Crippen LogP contribution is -2.37. The van der Waals surface area contributed by atoms with Gasteiger partial charge in [-0.05, 0) is 23.6 Å². The van der Waals surface area contributed by atoms with Gasteiger partial charge in [0.2, 0.25) is 0 Å². The van der Waals surface area contributed by atoms with Gasteiger partial charge in [-0.25, -0.2) is 4.39 Å². The SMILES string of the molecule is CC[C@H]1O[C@@H]2c3ccccc3CO[C@@H]2[C@H]1OCc1ccccc1F. The average molecular weight is 328 g/mol. The Morgan fingerprint density at radius 2 is 1.92 bits per heavy atom. The summed E-state index contributed by atoms with van der Waals surface area (Å²) in [6.07, 6.45) is 0.355. The lowest BCUT2D eigenvalue weighted by atomic mass is 9.94. The van der Waals surface area contributed by atoms with Crippen LogP contribution in [0.2, 0.25) is 0 Å². The topological polar surface area (TPSA) is 27.7 Å². The van der Waals surface area contributed by atoms with Crippen LogP contribution in [0.25, 0.3) is 0 Å². The molecule has 4 atom stereocenters. The molecule has 2 heterocycles. The van der Waals surface area contributed by atoms with Crippen LogP contribution >= 0.6 is 0 Å². The first-order valence-electron chi connectivity index (χ1n) is 8.47. The highest BCUT2D eigenvalue weighted by molar-refractivity contribution is 5.32. The van der Waals surface area contributed by atoms with Crippen LogP contribution in [-0.2, 0) is 27.4 Å². The van der Waals surface area contributed by atoms with Crippen molar-refractivity contribution in [3.05, 3.63) is 71.0 Å². The van der Waals surface area contributed by atoms with Crippen LogP contribution < -0.4 is 0 Å². The lowest BCUT2D eigenvalue weighted by Gasteiger charge is -2.30. The fourth-order valence-corrected chi connectivity index (χ4v) is 3.62. The van der Waals surface area contributed by atoms with Crippen molar-refractivity contribution in [1.82, 2.24) is 0 Å². The summed E-state index contributed by atoms with van der Waals surface area (Å²) in [5.74, 6) is -0.240. The number of hydrogen-bond donors (Lipinski definition) is 0. The number of fused-ring (bicyclic) bond motifs is 3. The fraction of sp³-hybridized carbons (Fsp3) is 0.400. The van der Waals surface area contributed by atoms with Crippen molar-refractivity contribution in [3.8, 4) is 0 Å².